The number of carbonyl (C=O) groups excluding carboxylic acids is 1. The van der Waals surface area contributed by atoms with E-state index < -0.39 is 0 Å². The number of benzene rings is 2. The highest BCUT2D eigenvalue weighted by molar-refractivity contribution is 5.89. The molecule has 26 heavy (non-hydrogen) atoms. The Morgan fingerprint density at radius 3 is 2.58 bits per heavy atom. The molecule has 0 radical (unpaired) electrons. The number of para-hydroxylation sites is 3. The predicted molar refractivity (Wildman–Crippen MR) is 101 cm³/mol. The van der Waals surface area contributed by atoms with E-state index in [1.165, 1.54) is 0 Å². The van der Waals surface area contributed by atoms with Crippen LogP contribution >= 0.6 is 0 Å². The van der Waals surface area contributed by atoms with E-state index >= 15 is 0 Å². The SMILES string of the molecule is Cn1ccc(NC(=O)CCc2nc3ccccc3n2-c2ccccc2)n1. The van der Waals surface area contributed by atoms with Crippen LogP contribution in [0.4, 0.5) is 5.82 Å². The van der Waals surface area contributed by atoms with Crippen LogP contribution in [0.15, 0.2) is 66.9 Å². The standard InChI is InChI=1S/C20H19N5O/c1-24-14-13-18(23-24)22-20(26)12-11-19-21-16-9-5-6-10-17(16)25(19)15-7-3-2-4-8-15/h2-10,13-14H,11-12H2,1H3,(H,22,23,26). The second-order valence-corrected chi connectivity index (χ2v) is 6.11. The number of fused-ring (bicyclic) bond motifs is 1. The van der Waals surface area contributed by atoms with Gasteiger partial charge in [0.25, 0.3) is 0 Å². The molecule has 0 aliphatic carbocycles. The molecule has 0 aliphatic heterocycles. The molecule has 2 aromatic carbocycles. The van der Waals surface area contributed by atoms with Gasteiger partial charge in [0.1, 0.15) is 5.82 Å². The van der Waals surface area contributed by atoms with E-state index in [0.29, 0.717) is 18.7 Å². The van der Waals surface area contributed by atoms with Gasteiger partial charge in [-0.05, 0) is 24.3 Å². The Bertz CT molecular complexity index is 1050. The third-order valence-corrected chi connectivity index (χ3v) is 4.20. The topological polar surface area (TPSA) is 64.7 Å². The zero-order chi connectivity index (χ0) is 17.9. The highest BCUT2D eigenvalue weighted by Gasteiger charge is 2.14. The van der Waals surface area contributed by atoms with Gasteiger partial charge < -0.3 is 5.32 Å². The Balaban J connectivity index is 1.59. The van der Waals surface area contributed by atoms with Crippen molar-refractivity contribution in [3.8, 4) is 5.69 Å². The summed E-state index contributed by atoms with van der Waals surface area (Å²) in [5.41, 5.74) is 3.01. The molecular weight excluding hydrogens is 326 g/mol. The van der Waals surface area contributed by atoms with Crippen LogP contribution in [-0.4, -0.2) is 25.2 Å². The van der Waals surface area contributed by atoms with Crippen molar-refractivity contribution in [2.24, 2.45) is 7.05 Å². The second kappa shape index (κ2) is 6.84. The minimum absolute atomic E-state index is 0.0737. The summed E-state index contributed by atoms with van der Waals surface area (Å²) in [7, 11) is 1.82. The molecule has 6 heteroatoms. The molecule has 0 aliphatic rings. The molecule has 0 saturated carbocycles. The third kappa shape index (κ3) is 3.21. The molecule has 0 saturated heterocycles. The average molecular weight is 345 g/mol. The number of nitrogens with zero attached hydrogens (tertiary/aromatic N) is 4. The fourth-order valence-corrected chi connectivity index (χ4v) is 3.02. The lowest BCUT2D eigenvalue weighted by Gasteiger charge is -2.09. The molecule has 2 aromatic heterocycles. The monoisotopic (exact) mass is 345 g/mol. The van der Waals surface area contributed by atoms with Crippen molar-refractivity contribution in [3.63, 3.8) is 0 Å². The number of hydrogen-bond acceptors (Lipinski definition) is 3. The van der Waals surface area contributed by atoms with E-state index in [9.17, 15) is 4.79 Å². The Kier molecular flexibility index (Phi) is 4.23. The van der Waals surface area contributed by atoms with Gasteiger partial charge in [-0.3, -0.25) is 14.0 Å². The van der Waals surface area contributed by atoms with Crippen LogP contribution in [0.1, 0.15) is 12.2 Å². The summed E-state index contributed by atoms with van der Waals surface area (Å²) in [5, 5.41) is 6.99. The first-order chi connectivity index (χ1) is 12.7. The number of aromatic nitrogens is 4. The van der Waals surface area contributed by atoms with Gasteiger partial charge in [-0.25, -0.2) is 4.98 Å². The van der Waals surface area contributed by atoms with E-state index in [4.69, 9.17) is 4.98 Å². The summed E-state index contributed by atoms with van der Waals surface area (Å²) >= 11 is 0. The number of imidazole rings is 1. The van der Waals surface area contributed by atoms with E-state index in [0.717, 1.165) is 22.5 Å². The summed E-state index contributed by atoms with van der Waals surface area (Å²) in [5.74, 6) is 1.36. The van der Waals surface area contributed by atoms with Crippen molar-refractivity contribution >= 4 is 22.8 Å². The molecule has 6 nitrogen and oxygen atoms in total. The van der Waals surface area contributed by atoms with Gasteiger partial charge >= 0.3 is 0 Å². The second-order valence-electron chi connectivity index (χ2n) is 6.11. The van der Waals surface area contributed by atoms with Gasteiger partial charge in [0.15, 0.2) is 5.82 Å². The molecule has 0 bridgehead atoms. The number of carbonyl (C=O) groups is 1. The van der Waals surface area contributed by atoms with E-state index in [1.807, 2.05) is 61.6 Å². The fraction of sp³-hybridized carbons (Fsp3) is 0.150. The predicted octanol–water partition coefficient (Wildman–Crippen LogP) is 3.33. The number of hydrogen-bond donors (Lipinski definition) is 1. The molecule has 4 aromatic rings. The highest BCUT2D eigenvalue weighted by Crippen LogP contribution is 2.22. The molecule has 0 unspecified atom stereocenters. The minimum Gasteiger partial charge on any atom is -0.309 e. The maximum atomic E-state index is 12.3. The van der Waals surface area contributed by atoms with Crippen LogP contribution in [0, 0.1) is 0 Å². The van der Waals surface area contributed by atoms with Crippen molar-refractivity contribution in [1.29, 1.82) is 0 Å². The van der Waals surface area contributed by atoms with E-state index in [2.05, 4.69) is 15.0 Å². The van der Waals surface area contributed by atoms with Crippen LogP contribution in [0.2, 0.25) is 0 Å². The fourth-order valence-electron chi connectivity index (χ4n) is 3.02. The van der Waals surface area contributed by atoms with Crippen LogP contribution in [-0.2, 0) is 18.3 Å². The molecular formula is C20H19N5O. The van der Waals surface area contributed by atoms with E-state index in [-0.39, 0.29) is 5.91 Å². The molecule has 1 N–H and O–H groups in total. The number of aryl methyl sites for hydroxylation is 2. The van der Waals surface area contributed by atoms with Crippen molar-refractivity contribution in [1.82, 2.24) is 19.3 Å². The Morgan fingerprint density at radius 1 is 1.04 bits per heavy atom. The van der Waals surface area contributed by atoms with Gasteiger partial charge in [-0.2, -0.15) is 5.10 Å². The number of amides is 1. The first-order valence-electron chi connectivity index (χ1n) is 8.52. The lowest BCUT2D eigenvalue weighted by molar-refractivity contribution is -0.116. The first-order valence-corrected chi connectivity index (χ1v) is 8.52. The summed E-state index contributed by atoms with van der Waals surface area (Å²) < 4.78 is 3.77. The first kappa shape index (κ1) is 16.1. The Morgan fingerprint density at radius 2 is 1.81 bits per heavy atom. The highest BCUT2D eigenvalue weighted by atomic mass is 16.1. The summed E-state index contributed by atoms with van der Waals surface area (Å²) in [6.07, 6.45) is 2.68. The molecule has 130 valence electrons. The largest absolute Gasteiger partial charge is 0.309 e. The lowest BCUT2D eigenvalue weighted by atomic mass is 10.2. The smallest absolute Gasteiger partial charge is 0.226 e. The summed E-state index contributed by atoms with van der Waals surface area (Å²) in [4.78, 5) is 17.0. The van der Waals surface area contributed by atoms with Crippen molar-refractivity contribution in [3.05, 3.63) is 72.7 Å². The molecule has 0 fully saturated rings. The van der Waals surface area contributed by atoms with Crippen molar-refractivity contribution in [2.45, 2.75) is 12.8 Å². The molecule has 2 heterocycles. The molecule has 1 amide bonds. The minimum atomic E-state index is -0.0737. The van der Waals surface area contributed by atoms with Gasteiger partial charge in [0.2, 0.25) is 5.91 Å². The van der Waals surface area contributed by atoms with Gasteiger partial charge in [0.05, 0.1) is 11.0 Å². The maximum Gasteiger partial charge on any atom is 0.226 e. The van der Waals surface area contributed by atoms with E-state index in [1.54, 1.807) is 16.9 Å². The van der Waals surface area contributed by atoms with Gasteiger partial charge in [0, 0.05) is 37.8 Å². The van der Waals surface area contributed by atoms with Crippen LogP contribution in [0.25, 0.3) is 16.7 Å². The van der Waals surface area contributed by atoms with Crippen LogP contribution < -0.4 is 5.32 Å². The molecule has 0 spiro atoms. The average Bonchev–Trinajstić information content (AvgIpc) is 3.23. The van der Waals surface area contributed by atoms with Crippen LogP contribution in [0.5, 0.6) is 0 Å². The maximum absolute atomic E-state index is 12.3. The molecule has 0 atom stereocenters. The molecule has 4 rings (SSSR count). The van der Waals surface area contributed by atoms with Gasteiger partial charge in [-0.15, -0.1) is 0 Å². The zero-order valence-electron chi connectivity index (χ0n) is 14.5. The summed E-state index contributed by atoms with van der Waals surface area (Å²) in [6.45, 7) is 0. The normalized spacial score (nSPS) is 11.0. The Labute approximate surface area is 151 Å². The van der Waals surface area contributed by atoms with Crippen LogP contribution in [0.3, 0.4) is 0 Å². The third-order valence-electron chi connectivity index (χ3n) is 4.20. The number of rotatable bonds is 5. The van der Waals surface area contributed by atoms with Gasteiger partial charge in [-0.1, -0.05) is 30.3 Å². The zero-order valence-corrected chi connectivity index (χ0v) is 14.5. The quantitative estimate of drug-likeness (QED) is 0.603. The van der Waals surface area contributed by atoms with Crippen molar-refractivity contribution in [2.75, 3.05) is 5.32 Å². The number of nitrogens with one attached hydrogen (secondary N) is 1. The number of anilines is 1. The Hall–Kier alpha value is -3.41. The summed E-state index contributed by atoms with van der Waals surface area (Å²) in [6, 6.07) is 19.9. The lowest BCUT2D eigenvalue weighted by Crippen LogP contribution is -2.14. The van der Waals surface area contributed by atoms with Crippen molar-refractivity contribution < 1.29 is 4.79 Å².